The van der Waals surface area contributed by atoms with Gasteiger partial charge in [-0.15, -0.1) is 11.6 Å². The SMILES string of the molecule is O=C(OC[C@H](CCl)OC(=O)C(Cl)(Cl)Cl)C(Cl)(Cl)Cl. The summed E-state index contributed by atoms with van der Waals surface area (Å²) < 4.78 is 4.70. The number of alkyl halides is 7. The third-order valence-electron chi connectivity index (χ3n) is 1.31. The van der Waals surface area contributed by atoms with E-state index in [4.69, 9.17) is 81.2 Å². The number of esters is 2. The fourth-order valence-corrected chi connectivity index (χ4v) is 1.03. The van der Waals surface area contributed by atoms with Gasteiger partial charge in [0.25, 0.3) is 7.59 Å². The maximum atomic E-state index is 11.2. The van der Waals surface area contributed by atoms with Crippen molar-refractivity contribution < 1.29 is 19.1 Å². The van der Waals surface area contributed by atoms with E-state index in [1.54, 1.807) is 0 Å². The molecule has 0 saturated carbocycles. The average molecular weight is 401 g/mol. The highest BCUT2D eigenvalue weighted by atomic mass is 35.6. The van der Waals surface area contributed by atoms with Crippen molar-refractivity contribution in [1.82, 2.24) is 0 Å². The van der Waals surface area contributed by atoms with Crippen molar-refractivity contribution in [2.24, 2.45) is 0 Å². The van der Waals surface area contributed by atoms with Crippen LogP contribution in [-0.2, 0) is 19.1 Å². The second-order valence-corrected chi connectivity index (χ2v) is 7.65. The van der Waals surface area contributed by atoms with Crippen molar-refractivity contribution >= 4 is 93.1 Å². The summed E-state index contributed by atoms with van der Waals surface area (Å²) >= 11 is 37.0. The molecule has 4 nitrogen and oxygen atoms in total. The number of halogens is 7. The van der Waals surface area contributed by atoms with Crippen molar-refractivity contribution in [2.45, 2.75) is 13.7 Å². The summed E-state index contributed by atoms with van der Waals surface area (Å²) in [7, 11) is 0. The molecule has 11 heteroatoms. The molecule has 0 spiro atoms. The van der Waals surface area contributed by atoms with Crippen molar-refractivity contribution in [3.63, 3.8) is 0 Å². The molecule has 0 bridgehead atoms. The first-order valence-corrected chi connectivity index (χ1v) is 6.86. The Morgan fingerprint density at radius 1 is 0.944 bits per heavy atom. The molecule has 0 rings (SSSR count). The van der Waals surface area contributed by atoms with Gasteiger partial charge in [-0.2, -0.15) is 0 Å². The number of rotatable bonds is 4. The zero-order valence-electron chi connectivity index (χ0n) is 8.27. The molecule has 0 aliphatic heterocycles. The highest BCUT2D eigenvalue weighted by molar-refractivity contribution is 6.76. The summed E-state index contributed by atoms with van der Waals surface area (Å²) in [4.78, 5) is 22.3. The molecule has 0 aromatic heterocycles. The molecular formula is C7H5Cl7O4. The molecule has 0 fully saturated rings. The van der Waals surface area contributed by atoms with Crippen LogP contribution in [0.3, 0.4) is 0 Å². The van der Waals surface area contributed by atoms with Crippen LogP contribution in [0.2, 0.25) is 0 Å². The Bertz CT molecular complexity index is 308. The minimum atomic E-state index is -2.26. The van der Waals surface area contributed by atoms with E-state index in [9.17, 15) is 9.59 Å². The smallest absolute Gasteiger partial charge is 0.358 e. The Labute approximate surface area is 138 Å². The van der Waals surface area contributed by atoms with Gasteiger partial charge in [-0.3, -0.25) is 0 Å². The van der Waals surface area contributed by atoms with Gasteiger partial charge in [-0.1, -0.05) is 69.6 Å². The molecule has 0 aliphatic carbocycles. The Morgan fingerprint density at radius 2 is 1.39 bits per heavy atom. The second kappa shape index (κ2) is 7.67. The third kappa shape index (κ3) is 7.53. The second-order valence-electron chi connectivity index (χ2n) is 2.78. The van der Waals surface area contributed by atoms with Crippen LogP contribution < -0.4 is 0 Å². The highest BCUT2D eigenvalue weighted by Crippen LogP contribution is 2.29. The van der Waals surface area contributed by atoms with E-state index in [-0.39, 0.29) is 5.88 Å². The van der Waals surface area contributed by atoms with Crippen LogP contribution in [0.4, 0.5) is 0 Å². The van der Waals surface area contributed by atoms with E-state index >= 15 is 0 Å². The van der Waals surface area contributed by atoms with E-state index < -0.39 is 32.2 Å². The van der Waals surface area contributed by atoms with Crippen LogP contribution in [0.25, 0.3) is 0 Å². The summed E-state index contributed by atoms with van der Waals surface area (Å²) in [5.41, 5.74) is 0. The lowest BCUT2D eigenvalue weighted by atomic mass is 10.4. The number of ether oxygens (including phenoxy) is 2. The molecule has 106 valence electrons. The van der Waals surface area contributed by atoms with E-state index in [0.717, 1.165) is 0 Å². The van der Waals surface area contributed by atoms with Gasteiger partial charge in [0.05, 0.1) is 5.88 Å². The van der Waals surface area contributed by atoms with Gasteiger partial charge in [0.2, 0.25) is 0 Å². The minimum Gasteiger partial charge on any atom is -0.459 e. The molecule has 0 unspecified atom stereocenters. The Hall–Kier alpha value is 0.970. The summed E-state index contributed by atoms with van der Waals surface area (Å²) in [6.07, 6.45) is -1.04. The zero-order chi connectivity index (χ0) is 14.6. The summed E-state index contributed by atoms with van der Waals surface area (Å²) in [5.74, 6) is -2.52. The molecule has 0 N–H and O–H groups in total. The van der Waals surface area contributed by atoms with Crippen molar-refractivity contribution in [3.8, 4) is 0 Å². The van der Waals surface area contributed by atoms with Crippen molar-refractivity contribution in [2.75, 3.05) is 12.5 Å². The number of hydrogen-bond acceptors (Lipinski definition) is 4. The van der Waals surface area contributed by atoms with Gasteiger partial charge in [0, 0.05) is 0 Å². The van der Waals surface area contributed by atoms with E-state index in [0.29, 0.717) is 0 Å². The number of carbonyl (C=O) groups is 2. The maximum absolute atomic E-state index is 11.2. The molecule has 0 aromatic rings. The normalized spacial score (nSPS) is 13.9. The lowest BCUT2D eigenvalue weighted by Crippen LogP contribution is -2.34. The molecule has 0 radical (unpaired) electrons. The summed E-state index contributed by atoms with van der Waals surface area (Å²) in [5, 5.41) is 0. The molecule has 0 amide bonds. The maximum Gasteiger partial charge on any atom is 0.358 e. The Kier molecular flexibility index (Phi) is 8.09. The molecule has 0 aromatic carbocycles. The Morgan fingerprint density at radius 3 is 1.72 bits per heavy atom. The fourth-order valence-electron chi connectivity index (χ4n) is 0.579. The first kappa shape index (κ1) is 19.0. The Balaban J connectivity index is 4.30. The van der Waals surface area contributed by atoms with E-state index in [1.165, 1.54) is 0 Å². The average Bonchev–Trinajstić information content (AvgIpc) is 2.20. The first-order valence-electron chi connectivity index (χ1n) is 4.06. The van der Waals surface area contributed by atoms with Crippen LogP contribution in [0.1, 0.15) is 0 Å². The van der Waals surface area contributed by atoms with E-state index in [1.807, 2.05) is 0 Å². The molecule has 18 heavy (non-hydrogen) atoms. The van der Waals surface area contributed by atoms with Crippen molar-refractivity contribution in [1.29, 1.82) is 0 Å². The van der Waals surface area contributed by atoms with Crippen LogP contribution >= 0.6 is 81.2 Å². The van der Waals surface area contributed by atoms with Gasteiger partial charge in [0.15, 0.2) is 0 Å². The van der Waals surface area contributed by atoms with Gasteiger partial charge in [-0.25, -0.2) is 9.59 Å². The fraction of sp³-hybridized carbons (Fsp3) is 0.714. The predicted octanol–water partition coefficient (Wildman–Crippen LogP) is 3.42. The first-order chi connectivity index (χ1) is 7.98. The van der Waals surface area contributed by atoms with Gasteiger partial charge < -0.3 is 9.47 Å². The van der Waals surface area contributed by atoms with Crippen LogP contribution in [0.15, 0.2) is 0 Å². The lowest BCUT2D eigenvalue weighted by Gasteiger charge is -2.19. The topological polar surface area (TPSA) is 52.6 Å². The molecule has 0 aliphatic rings. The van der Waals surface area contributed by atoms with Crippen molar-refractivity contribution in [3.05, 3.63) is 0 Å². The lowest BCUT2D eigenvalue weighted by molar-refractivity contribution is -0.156. The molecule has 0 heterocycles. The summed E-state index contributed by atoms with van der Waals surface area (Å²) in [6, 6.07) is 0. The minimum absolute atomic E-state index is 0.209. The standard InChI is InChI=1S/C7H5Cl7O4/c8-1-3(18-5(16)7(12,13)14)2-17-4(15)6(9,10)11/h3H,1-2H2/t3-/m0/s1. The molecular weight excluding hydrogens is 396 g/mol. The van der Waals surface area contributed by atoms with Crippen LogP contribution in [0, 0.1) is 0 Å². The van der Waals surface area contributed by atoms with Crippen LogP contribution in [-0.4, -0.2) is 38.1 Å². The highest BCUT2D eigenvalue weighted by Gasteiger charge is 2.36. The number of hydrogen-bond donors (Lipinski definition) is 0. The number of carbonyl (C=O) groups excluding carboxylic acids is 2. The third-order valence-corrected chi connectivity index (χ3v) is 2.58. The quantitative estimate of drug-likeness (QED) is 0.535. The van der Waals surface area contributed by atoms with Gasteiger partial charge in [-0.05, 0) is 0 Å². The van der Waals surface area contributed by atoms with Crippen LogP contribution in [0.5, 0.6) is 0 Å². The summed E-state index contributed by atoms with van der Waals surface area (Å²) in [6.45, 7) is -0.442. The molecule has 1 atom stereocenters. The molecule has 0 saturated heterocycles. The largest absolute Gasteiger partial charge is 0.459 e. The van der Waals surface area contributed by atoms with Gasteiger partial charge >= 0.3 is 11.9 Å². The van der Waals surface area contributed by atoms with Gasteiger partial charge in [0.1, 0.15) is 12.7 Å². The predicted molar refractivity (Wildman–Crippen MR) is 72.1 cm³/mol. The monoisotopic (exact) mass is 398 g/mol. The van der Waals surface area contributed by atoms with E-state index in [2.05, 4.69) is 9.47 Å². The zero-order valence-corrected chi connectivity index (χ0v) is 13.6.